The summed E-state index contributed by atoms with van der Waals surface area (Å²) in [6, 6.07) is 0. The van der Waals surface area contributed by atoms with Gasteiger partial charge >= 0.3 is 5.97 Å². The molecule has 0 heterocycles. The van der Waals surface area contributed by atoms with Gasteiger partial charge in [0, 0.05) is 6.42 Å². The maximum atomic E-state index is 10.7. The molecule has 12 heavy (non-hydrogen) atoms. The number of nitrogens with zero attached hydrogens (tertiary/aromatic N) is 1. The molecule has 74 valence electrons. The third kappa shape index (κ3) is 9.72. The lowest BCUT2D eigenvalue weighted by molar-refractivity contribution is -0.870. The summed E-state index contributed by atoms with van der Waals surface area (Å²) < 4.78 is 5.74. The number of rotatable bonds is 4. The van der Waals surface area contributed by atoms with E-state index >= 15 is 0 Å². The summed E-state index contributed by atoms with van der Waals surface area (Å²) in [5.41, 5.74) is 0. The highest BCUT2D eigenvalue weighted by molar-refractivity contribution is 5.68. The summed E-state index contributed by atoms with van der Waals surface area (Å²) in [5.74, 6) is -0.113. The van der Waals surface area contributed by atoms with Crippen LogP contribution in [0.2, 0.25) is 0 Å². The summed E-state index contributed by atoms with van der Waals surface area (Å²) in [4.78, 5) is 10.7. The standard InChI is InChI=1S/C8H18NO2.ClH/c1-5-8(10)11-7-6-9(2,3)4;/h5-7H2,1-4H3;1H/q+1;/p-1. The molecule has 0 aliphatic heterocycles. The van der Waals surface area contributed by atoms with E-state index in [0.29, 0.717) is 13.0 Å². The molecule has 4 heteroatoms. The fourth-order valence-corrected chi connectivity index (χ4v) is 0.535. The van der Waals surface area contributed by atoms with E-state index in [0.717, 1.165) is 11.0 Å². The summed E-state index contributed by atoms with van der Waals surface area (Å²) >= 11 is 0. The number of carbonyl (C=O) groups is 1. The van der Waals surface area contributed by atoms with E-state index in [4.69, 9.17) is 4.74 Å². The second-order valence-electron chi connectivity index (χ2n) is 3.59. The van der Waals surface area contributed by atoms with Crippen LogP contribution >= 0.6 is 0 Å². The first kappa shape index (κ1) is 14.3. The van der Waals surface area contributed by atoms with E-state index in [1.165, 1.54) is 0 Å². The fraction of sp³-hybridized carbons (Fsp3) is 0.875. The van der Waals surface area contributed by atoms with Crippen LogP contribution in [0.5, 0.6) is 0 Å². The number of halogens is 1. The van der Waals surface area contributed by atoms with Gasteiger partial charge in [-0.15, -0.1) is 0 Å². The van der Waals surface area contributed by atoms with Crippen molar-refractivity contribution in [1.82, 2.24) is 0 Å². The number of quaternary nitrogens is 1. The van der Waals surface area contributed by atoms with Gasteiger partial charge < -0.3 is 21.6 Å². The fourth-order valence-electron chi connectivity index (χ4n) is 0.535. The van der Waals surface area contributed by atoms with Gasteiger partial charge in [0.25, 0.3) is 0 Å². The first-order valence-corrected chi connectivity index (χ1v) is 3.92. The monoisotopic (exact) mass is 195 g/mol. The quantitative estimate of drug-likeness (QED) is 0.371. The largest absolute Gasteiger partial charge is 1.00 e. The van der Waals surface area contributed by atoms with Crippen LogP contribution in [0.15, 0.2) is 0 Å². The van der Waals surface area contributed by atoms with Crippen molar-refractivity contribution in [3.05, 3.63) is 0 Å². The molecule has 0 amide bonds. The Kier molecular flexibility index (Phi) is 7.44. The highest BCUT2D eigenvalue weighted by atomic mass is 35.5. The van der Waals surface area contributed by atoms with Crippen LogP contribution in [0.3, 0.4) is 0 Å². The smallest absolute Gasteiger partial charge is 0.305 e. The second-order valence-corrected chi connectivity index (χ2v) is 3.59. The van der Waals surface area contributed by atoms with Crippen molar-refractivity contribution >= 4 is 5.97 Å². The predicted octanol–water partition coefficient (Wildman–Crippen LogP) is -2.35. The number of ether oxygens (including phenoxy) is 1. The van der Waals surface area contributed by atoms with Gasteiger partial charge in [-0.05, 0) is 0 Å². The average molecular weight is 196 g/mol. The highest BCUT2D eigenvalue weighted by Gasteiger charge is 2.07. The summed E-state index contributed by atoms with van der Waals surface area (Å²) in [7, 11) is 6.21. The molecule has 0 atom stereocenters. The van der Waals surface area contributed by atoms with Crippen molar-refractivity contribution in [2.75, 3.05) is 34.3 Å². The zero-order valence-corrected chi connectivity index (χ0v) is 9.02. The Hall–Kier alpha value is -0.280. The summed E-state index contributed by atoms with van der Waals surface area (Å²) in [6.07, 6.45) is 0.469. The topological polar surface area (TPSA) is 26.3 Å². The summed E-state index contributed by atoms with van der Waals surface area (Å²) in [5, 5.41) is 0. The Morgan fingerprint density at radius 1 is 1.33 bits per heavy atom. The minimum Gasteiger partial charge on any atom is -1.00 e. The zero-order chi connectivity index (χ0) is 8.91. The SMILES string of the molecule is CCC(=O)OCC[N+](C)(C)C.[Cl-]. The first-order chi connectivity index (χ1) is 4.95. The highest BCUT2D eigenvalue weighted by Crippen LogP contribution is 1.91. The maximum absolute atomic E-state index is 10.7. The van der Waals surface area contributed by atoms with Crippen molar-refractivity contribution in [2.45, 2.75) is 13.3 Å². The molecule has 0 aromatic carbocycles. The Morgan fingerprint density at radius 2 is 1.83 bits per heavy atom. The van der Waals surface area contributed by atoms with Crippen molar-refractivity contribution in [1.29, 1.82) is 0 Å². The lowest BCUT2D eigenvalue weighted by Gasteiger charge is -2.23. The Labute approximate surface area is 80.7 Å². The molecule has 0 aromatic rings. The molecule has 3 nitrogen and oxygen atoms in total. The molecule has 0 aliphatic rings. The molecule has 0 spiro atoms. The second kappa shape index (κ2) is 6.26. The molecule has 0 fully saturated rings. The van der Waals surface area contributed by atoms with E-state index in [1.807, 2.05) is 0 Å². The molecule has 0 N–H and O–H groups in total. The van der Waals surface area contributed by atoms with Gasteiger partial charge in [0.15, 0.2) is 0 Å². The third-order valence-electron chi connectivity index (χ3n) is 1.31. The lowest BCUT2D eigenvalue weighted by atomic mass is 10.5. The molecule has 0 aliphatic carbocycles. The van der Waals surface area contributed by atoms with Crippen LogP contribution in [0, 0.1) is 0 Å². The van der Waals surface area contributed by atoms with Gasteiger partial charge in [0.2, 0.25) is 0 Å². The first-order valence-electron chi connectivity index (χ1n) is 3.92. The lowest BCUT2D eigenvalue weighted by Crippen LogP contribution is -3.00. The van der Waals surface area contributed by atoms with Crippen LogP contribution < -0.4 is 12.4 Å². The molecular formula is C8H18ClNO2. The number of likely N-dealkylation sites (N-methyl/N-ethyl adjacent to an activating group) is 1. The van der Waals surface area contributed by atoms with Crippen molar-refractivity contribution < 1.29 is 26.4 Å². The number of hydrogen-bond acceptors (Lipinski definition) is 2. The average Bonchev–Trinajstić information content (AvgIpc) is 1.85. The normalized spacial score (nSPS) is 10.3. The van der Waals surface area contributed by atoms with Crippen LogP contribution in [0.25, 0.3) is 0 Å². The van der Waals surface area contributed by atoms with Crippen molar-refractivity contribution in [3.8, 4) is 0 Å². The number of carbonyl (C=O) groups excluding carboxylic acids is 1. The molecule has 0 aromatic heterocycles. The van der Waals surface area contributed by atoms with Crippen LogP contribution in [-0.2, 0) is 9.53 Å². The van der Waals surface area contributed by atoms with Gasteiger partial charge in [-0.1, -0.05) is 6.92 Å². The Morgan fingerprint density at radius 3 is 2.17 bits per heavy atom. The molecule has 0 unspecified atom stereocenters. The molecule has 0 saturated carbocycles. The van der Waals surface area contributed by atoms with E-state index in [9.17, 15) is 4.79 Å². The minimum absolute atomic E-state index is 0. The van der Waals surface area contributed by atoms with Crippen LogP contribution in [0.4, 0.5) is 0 Å². The van der Waals surface area contributed by atoms with Crippen molar-refractivity contribution in [2.24, 2.45) is 0 Å². The third-order valence-corrected chi connectivity index (χ3v) is 1.31. The maximum Gasteiger partial charge on any atom is 0.305 e. The predicted molar refractivity (Wildman–Crippen MR) is 44.1 cm³/mol. The van der Waals surface area contributed by atoms with Gasteiger partial charge in [-0.25, -0.2) is 0 Å². The molecule has 0 bridgehead atoms. The van der Waals surface area contributed by atoms with Gasteiger partial charge in [-0.3, -0.25) is 4.79 Å². The Balaban J connectivity index is 0. The molecular weight excluding hydrogens is 178 g/mol. The number of hydrogen-bond donors (Lipinski definition) is 0. The number of esters is 1. The molecule has 0 saturated heterocycles. The van der Waals surface area contributed by atoms with Crippen LogP contribution in [0.1, 0.15) is 13.3 Å². The van der Waals surface area contributed by atoms with Gasteiger partial charge in [-0.2, -0.15) is 0 Å². The van der Waals surface area contributed by atoms with Gasteiger partial charge in [0.1, 0.15) is 13.2 Å². The minimum atomic E-state index is -0.113. The Bertz CT molecular complexity index is 132. The zero-order valence-electron chi connectivity index (χ0n) is 8.26. The van der Waals surface area contributed by atoms with E-state index in [2.05, 4.69) is 21.1 Å². The van der Waals surface area contributed by atoms with Crippen LogP contribution in [-0.4, -0.2) is 44.7 Å². The van der Waals surface area contributed by atoms with E-state index in [-0.39, 0.29) is 18.4 Å². The summed E-state index contributed by atoms with van der Waals surface area (Å²) in [6.45, 7) is 3.19. The van der Waals surface area contributed by atoms with Gasteiger partial charge in [0.05, 0.1) is 21.1 Å². The van der Waals surface area contributed by atoms with E-state index in [1.54, 1.807) is 6.92 Å². The molecule has 0 rings (SSSR count). The van der Waals surface area contributed by atoms with Crippen molar-refractivity contribution in [3.63, 3.8) is 0 Å². The van der Waals surface area contributed by atoms with E-state index < -0.39 is 0 Å². The molecule has 0 radical (unpaired) electrons.